The molecule has 26 heavy (non-hydrogen) atoms. The number of likely N-dealkylation sites (tertiary alicyclic amines) is 1. The van der Waals surface area contributed by atoms with Crippen molar-refractivity contribution in [1.29, 1.82) is 0 Å². The molecule has 0 spiro atoms. The second-order valence-corrected chi connectivity index (χ2v) is 7.24. The highest BCUT2D eigenvalue weighted by Gasteiger charge is 2.36. The molecule has 1 aliphatic heterocycles. The van der Waals surface area contributed by atoms with Crippen molar-refractivity contribution < 1.29 is 14.7 Å². The lowest BCUT2D eigenvalue weighted by atomic mass is 9.93. The minimum absolute atomic E-state index is 0.0339. The van der Waals surface area contributed by atoms with Gasteiger partial charge in [0.2, 0.25) is 5.91 Å². The van der Waals surface area contributed by atoms with Crippen molar-refractivity contribution in [2.45, 2.75) is 63.8 Å². The molecule has 1 aromatic rings. The van der Waals surface area contributed by atoms with E-state index < -0.39 is 12.0 Å². The summed E-state index contributed by atoms with van der Waals surface area (Å²) < 4.78 is 0. The molecule has 0 radical (unpaired) electrons. The Labute approximate surface area is 156 Å². The molecule has 5 heteroatoms. The number of amides is 1. The zero-order valence-electron chi connectivity index (χ0n) is 15.6. The lowest BCUT2D eigenvalue weighted by Crippen LogP contribution is -2.43. The first-order valence-electron chi connectivity index (χ1n) is 9.90. The van der Waals surface area contributed by atoms with E-state index in [0.717, 1.165) is 51.4 Å². The summed E-state index contributed by atoms with van der Waals surface area (Å²) in [4.78, 5) is 26.0. The highest BCUT2D eigenvalue weighted by atomic mass is 16.4. The third-order valence-electron chi connectivity index (χ3n) is 5.29. The first-order chi connectivity index (χ1) is 12.6. The summed E-state index contributed by atoms with van der Waals surface area (Å²) >= 11 is 0. The van der Waals surface area contributed by atoms with E-state index in [0.29, 0.717) is 19.5 Å². The number of nitrogens with two attached hydrogens (primary N) is 1. The van der Waals surface area contributed by atoms with Gasteiger partial charge < -0.3 is 15.7 Å². The van der Waals surface area contributed by atoms with Crippen molar-refractivity contribution >= 4 is 11.9 Å². The standard InChI is InChI=1S/C21H32N2O3/c22-15-7-6-13-18(12-5-4-11-17-9-2-1-3-10-17)20(24)23-16-8-14-19(23)21(25)26/h1-3,9-10,18-19H,4-8,11-16,22H2,(H,25,26)/t18-,19-/m0/s1. The van der Waals surface area contributed by atoms with Gasteiger partial charge in [-0.25, -0.2) is 4.79 Å². The Balaban J connectivity index is 1.87. The van der Waals surface area contributed by atoms with Crippen LogP contribution in [0.2, 0.25) is 0 Å². The van der Waals surface area contributed by atoms with Crippen LogP contribution in [0.3, 0.4) is 0 Å². The topological polar surface area (TPSA) is 83.6 Å². The number of carbonyl (C=O) groups excluding carboxylic acids is 1. The fourth-order valence-corrected chi connectivity index (χ4v) is 3.81. The van der Waals surface area contributed by atoms with Gasteiger partial charge in [0, 0.05) is 12.5 Å². The average Bonchev–Trinajstić information content (AvgIpc) is 3.14. The quantitative estimate of drug-likeness (QED) is 0.594. The van der Waals surface area contributed by atoms with Crippen molar-refractivity contribution in [2.24, 2.45) is 11.7 Å². The molecule has 1 heterocycles. The highest BCUT2D eigenvalue weighted by Crippen LogP contribution is 2.25. The smallest absolute Gasteiger partial charge is 0.326 e. The summed E-state index contributed by atoms with van der Waals surface area (Å²) in [5, 5.41) is 9.36. The molecule has 0 aliphatic carbocycles. The molecular weight excluding hydrogens is 328 g/mol. The first kappa shape index (κ1) is 20.4. The van der Waals surface area contributed by atoms with Gasteiger partial charge in [-0.3, -0.25) is 4.79 Å². The van der Waals surface area contributed by atoms with Crippen molar-refractivity contribution in [1.82, 2.24) is 4.90 Å². The Morgan fingerprint density at radius 1 is 1.12 bits per heavy atom. The fourth-order valence-electron chi connectivity index (χ4n) is 3.81. The SMILES string of the molecule is NCCCC[C@H](CCCCc1ccccc1)C(=O)N1CCC[C@H]1C(=O)O. The predicted molar refractivity (Wildman–Crippen MR) is 103 cm³/mol. The zero-order chi connectivity index (χ0) is 18.8. The molecule has 1 fully saturated rings. The summed E-state index contributed by atoms with van der Waals surface area (Å²) in [6, 6.07) is 9.74. The van der Waals surface area contributed by atoms with Crippen LogP contribution in [-0.2, 0) is 16.0 Å². The molecule has 0 aromatic heterocycles. The normalized spacial score (nSPS) is 18.0. The van der Waals surface area contributed by atoms with Crippen LogP contribution in [0.4, 0.5) is 0 Å². The molecule has 1 amide bonds. The number of carboxylic acid groups (broad SMARTS) is 1. The first-order valence-corrected chi connectivity index (χ1v) is 9.90. The molecule has 5 nitrogen and oxygen atoms in total. The maximum atomic E-state index is 13.0. The Hall–Kier alpha value is -1.88. The van der Waals surface area contributed by atoms with Gasteiger partial charge in [0.15, 0.2) is 0 Å². The Bertz CT molecular complexity index is 562. The maximum absolute atomic E-state index is 13.0. The van der Waals surface area contributed by atoms with Gasteiger partial charge in [0.05, 0.1) is 0 Å². The molecule has 0 unspecified atom stereocenters. The number of hydrogen-bond acceptors (Lipinski definition) is 3. The summed E-state index contributed by atoms with van der Waals surface area (Å²) in [7, 11) is 0. The molecule has 1 aliphatic rings. The second kappa shape index (κ2) is 11.0. The van der Waals surface area contributed by atoms with Crippen LogP contribution >= 0.6 is 0 Å². The summed E-state index contributed by atoms with van der Waals surface area (Å²) in [6.45, 7) is 1.21. The molecule has 3 N–H and O–H groups in total. The van der Waals surface area contributed by atoms with Gasteiger partial charge in [0.1, 0.15) is 6.04 Å². The number of aliphatic carboxylic acids is 1. The third-order valence-corrected chi connectivity index (χ3v) is 5.29. The molecule has 144 valence electrons. The van der Waals surface area contributed by atoms with Gasteiger partial charge in [0.25, 0.3) is 0 Å². The molecule has 0 saturated carbocycles. The van der Waals surface area contributed by atoms with Crippen molar-refractivity contribution in [3.05, 3.63) is 35.9 Å². The van der Waals surface area contributed by atoms with E-state index in [2.05, 4.69) is 12.1 Å². The highest BCUT2D eigenvalue weighted by molar-refractivity contribution is 5.85. The minimum Gasteiger partial charge on any atom is -0.480 e. The van der Waals surface area contributed by atoms with Crippen LogP contribution in [0.15, 0.2) is 30.3 Å². The largest absolute Gasteiger partial charge is 0.480 e. The Kier molecular flexibility index (Phi) is 8.62. The summed E-state index contributed by atoms with van der Waals surface area (Å²) in [5.74, 6) is -0.912. The van der Waals surface area contributed by atoms with Gasteiger partial charge >= 0.3 is 5.97 Å². The van der Waals surface area contributed by atoms with Crippen LogP contribution in [0, 0.1) is 5.92 Å². The second-order valence-electron chi connectivity index (χ2n) is 7.24. The number of rotatable bonds is 11. The number of nitrogens with zero attached hydrogens (tertiary/aromatic N) is 1. The number of hydrogen-bond donors (Lipinski definition) is 2. The number of aryl methyl sites for hydroxylation is 1. The average molecular weight is 360 g/mol. The van der Waals surface area contributed by atoms with Crippen LogP contribution in [-0.4, -0.2) is 41.0 Å². The third kappa shape index (κ3) is 6.13. The molecule has 2 atom stereocenters. The van der Waals surface area contributed by atoms with Crippen molar-refractivity contribution in [3.63, 3.8) is 0 Å². The lowest BCUT2D eigenvalue weighted by Gasteiger charge is -2.27. The molecule has 1 saturated heterocycles. The molecule has 0 bridgehead atoms. The van der Waals surface area contributed by atoms with E-state index in [-0.39, 0.29) is 11.8 Å². The van der Waals surface area contributed by atoms with E-state index >= 15 is 0 Å². The van der Waals surface area contributed by atoms with Gasteiger partial charge in [-0.15, -0.1) is 0 Å². The summed E-state index contributed by atoms with van der Waals surface area (Å²) in [5.41, 5.74) is 6.91. The number of carboxylic acids is 1. The Morgan fingerprint density at radius 3 is 2.46 bits per heavy atom. The van der Waals surface area contributed by atoms with Crippen molar-refractivity contribution in [2.75, 3.05) is 13.1 Å². The van der Waals surface area contributed by atoms with E-state index in [1.165, 1.54) is 5.56 Å². The molecule has 1 aromatic carbocycles. The number of carbonyl (C=O) groups is 2. The van der Waals surface area contributed by atoms with E-state index in [1.807, 2.05) is 18.2 Å². The van der Waals surface area contributed by atoms with Crippen LogP contribution < -0.4 is 5.73 Å². The van der Waals surface area contributed by atoms with E-state index in [4.69, 9.17) is 5.73 Å². The van der Waals surface area contributed by atoms with Gasteiger partial charge in [-0.05, 0) is 57.1 Å². The van der Waals surface area contributed by atoms with E-state index in [9.17, 15) is 14.7 Å². The number of benzene rings is 1. The molecular formula is C21H32N2O3. The fraction of sp³-hybridized carbons (Fsp3) is 0.619. The number of unbranched alkanes of at least 4 members (excludes halogenated alkanes) is 2. The van der Waals surface area contributed by atoms with Crippen LogP contribution in [0.5, 0.6) is 0 Å². The minimum atomic E-state index is -0.874. The van der Waals surface area contributed by atoms with Crippen LogP contribution in [0.25, 0.3) is 0 Å². The van der Waals surface area contributed by atoms with Gasteiger partial charge in [-0.1, -0.05) is 43.2 Å². The van der Waals surface area contributed by atoms with Gasteiger partial charge in [-0.2, -0.15) is 0 Å². The zero-order valence-corrected chi connectivity index (χ0v) is 15.6. The summed E-state index contributed by atoms with van der Waals surface area (Å²) in [6.07, 6.45) is 7.89. The van der Waals surface area contributed by atoms with Crippen LogP contribution in [0.1, 0.15) is 56.9 Å². The van der Waals surface area contributed by atoms with E-state index in [1.54, 1.807) is 4.90 Å². The predicted octanol–water partition coefficient (Wildman–Crippen LogP) is 3.22. The van der Waals surface area contributed by atoms with Crippen molar-refractivity contribution in [3.8, 4) is 0 Å². The molecule has 2 rings (SSSR count). The Morgan fingerprint density at radius 2 is 1.81 bits per heavy atom. The monoisotopic (exact) mass is 360 g/mol. The maximum Gasteiger partial charge on any atom is 0.326 e. The lowest BCUT2D eigenvalue weighted by molar-refractivity contribution is -0.150.